The molecule has 7 heteroatoms. The van der Waals surface area contributed by atoms with E-state index in [2.05, 4.69) is 0 Å². The quantitative estimate of drug-likeness (QED) is 0.639. The summed E-state index contributed by atoms with van der Waals surface area (Å²) < 4.78 is 5.41. The highest BCUT2D eigenvalue weighted by Gasteiger charge is 2.21. The number of aryl methyl sites for hydroxylation is 2. The van der Waals surface area contributed by atoms with Crippen molar-refractivity contribution >= 4 is 11.9 Å². The first-order valence-electron chi connectivity index (χ1n) is 6.52. The predicted molar refractivity (Wildman–Crippen MR) is 79.7 cm³/mol. The molecule has 120 valence electrons. The number of hydrogen-bond acceptors (Lipinski definition) is 5. The van der Waals surface area contributed by atoms with Gasteiger partial charge < -0.3 is 25.2 Å². The number of aromatic carboxylic acids is 2. The lowest BCUT2D eigenvalue weighted by Crippen LogP contribution is -2.10. The van der Waals surface area contributed by atoms with Crippen LogP contribution >= 0.6 is 0 Å². The summed E-state index contributed by atoms with van der Waals surface area (Å²) in [7, 11) is 0. The fourth-order valence-electron chi connectivity index (χ4n) is 2.20. The van der Waals surface area contributed by atoms with Gasteiger partial charge in [-0.25, -0.2) is 9.59 Å². The van der Waals surface area contributed by atoms with E-state index in [9.17, 15) is 19.8 Å². The first-order valence-corrected chi connectivity index (χ1v) is 6.52. The number of carbonyl (C=O) groups is 2. The van der Waals surface area contributed by atoms with E-state index in [1.807, 2.05) is 0 Å². The molecule has 2 aromatic rings. The Morgan fingerprint density at radius 2 is 1.61 bits per heavy atom. The summed E-state index contributed by atoms with van der Waals surface area (Å²) >= 11 is 0. The summed E-state index contributed by atoms with van der Waals surface area (Å²) in [5, 5.41) is 37.6. The maximum Gasteiger partial charge on any atom is 0.336 e. The topological polar surface area (TPSA) is 124 Å². The molecule has 0 aliphatic rings. The molecular weight excluding hydrogens is 304 g/mol. The Morgan fingerprint density at radius 3 is 2.17 bits per heavy atom. The monoisotopic (exact) mass is 318 g/mol. The fourth-order valence-corrected chi connectivity index (χ4v) is 2.20. The fraction of sp³-hybridized carbons (Fsp3) is 0.125. The summed E-state index contributed by atoms with van der Waals surface area (Å²) in [6.45, 7) is 3.11. The van der Waals surface area contributed by atoms with Crippen molar-refractivity contribution in [1.29, 1.82) is 0 Å². The van der Waals surface area contributed by atoms with Gasteiger partial charge in [0.05, 0.1) is 11.1 Å². The predicted octanol–water partition coefficient (Wildman–Crippen LogP) is 2.90. The van der Waals surface area contributed by atoms with Crippen molar-refractivity contribution in [3.05, 3.63) is 46.5 Å². The Hall–Kier alpha value is -3.22. The third kappa shape index (κ3) is 3.18. The van der Waals surface area contributed by atoms with E-state index in [0.717, 1.165) is 6.07 Å². The summed E-state index contributed by atoms with van der Waals surface area (Å²) in [5.41, 5.74) is 0.0569. The van der Waals surface area contributed by atoms with Crippen LogP contribution in [0.2, 0.25) is 0 Å². The Balaban J connectivity index is 2.54. The molecule has 23 heavy (non-hydrogen) atoms. The van der Waals surface area contributed by atoms with Crippen molar-refractivity contribution < 1.29 is 34.8 Å². The normalized spacial score (nSPS) is 10.3. The van der Waals surface area contributed by atoms with Crippen molar-refractivity contribution in [2.45, 2.75) is 13.8 Å². The molecule has 0 bridgehead atoms. The summed E-state index contributed by atoms with van der Waals surface area (Å²) in [6, 6.07) is 5.19. The third-order valence-corrected chi connectivity index (χ3v) is 3.18. The summed E-state index contributed by atoms with van der Waals surface area (Å²) in [6.07, 6.45) is 0. The molecule has 0 unspecified atom stereocenters. The van der Waals surface area contributed by atoms with Gasteiger partial charge >= 0.3 is 11.9 Å². The van der Waals surface area contributed by atoms with Crippen LogP contribution in [-0.4, -0.2) is 32.4 Å². The average Bonchev–Trinajstić information content (AvgIpc) is 2.42. The molecular formula is C16H14O7. The molecule has 0 saturated carbocycles. The number of aromatic hydroxyl groups is 2. The van der Waals surface area contributed by atoms with Gasteiger partial charge in [0, 0.05) is 0 Å². The average molecular weight is 318 g/mol. The number of benzene rings is 2. The van der Waals surface area contributed by atoms with Crippen molar-refractivity contribution in [3.63, 3.8) is 0 Å². The number of hydrogen-bond donors (Lipinski definition) is 4. The van der Waals surface area contributed by atoms with E-state index >= 15 is 0 Å². The van der Waals surface area contributed by atoms with E-state index < -0.39 is 23.3 Å². The molecule has 0 amide bonds. The molecule has 4 N–H and O–H groups in total. The minimum Gasteiger partial charge on any atom is -0.504 e. The molecule has 0 saturated heterocycles. The molecule has 0 aliphatic carbocycles. The maximum atomic E-state index is 11.2. The Labute approximate surface area is 131 Å². The van der Waals surface area contributed by atoms with Crippen LogP contribution in [-0.2, 0) is 0 Å². The lowest BCUT2D eigenvalue weighted by molar-refractivity contribution is 0.0650. The van der Waals surface area contributed by atoms with Crippen LogP contribution in [0.3, 0.4) is 0 Å². The van der Waals surface area contributed by atoms with E-state index in [1.165, 1.54) is 25.1 Å². The molecule has 0 spiro atoms. The van der Waals surface area contributed by atoms with Crippen LogP contribution in [0, 0.1) is 13.8 Å². The molecule has 0 aromatic heterocycles. The highest BCUT2D eigenvalue weighted by molar-refractivity contribution is 6.03. The van der Waals surface area contributed by atoms with E-state index in [-0.39, 0.29) is 28.4 Å². The number of phenols is 2. The molecule has 7 nitrogen and oxygen atoms in total. The summed E-state index contributed by atoms with van der Waals surface area (Å²) in [4.78, 5) is 22.4. The van der Waals surface area contributed by atoms with Gasteiger partial charge in [0.2, 0.25) is 5.75 Å². The number of phenolic OH excluding ortho intramolecular Hbond substituents is 2. The molecule has 0 fully saturated rings. The van der Waals surface area contributed by atoms with Gasteiger partial charge in [-0.3, -0.25) is 0 Å². The van der Waals surface area contributed by atoms with Crippen LogP contribution in [0.4, 0.5) is 0 Å². The molecule has 0 atom stereocenters. The Morgan fingerprint density at radius 1 is 0.957 bits per heavy atom. The molecule has 2 rings (SSSR count). The first-order chi connectivity index (χ1) is 10.7. The van der Waals surface area contributed by atoms with Gasteiger partial charge in [-0.05, 0) is 49.2 Å². The number of rotatable bonds is 4. The van der Waals surface area contributed by atoms with E-state index in [0.29, 0.717) is 5.56 Å². The van der Waals surface area contributed by atoms with Crippen LogP contribution < -0.4 is 4.74 Å². The number of carboxylic acid groups (broad SMARTS) is 2. The van der Waals surface area contributed by atoms with E-state index in [4.69, 9.17) is 14.9 Å². The van der Waals surface area contributed by atoms with Gasteiger partial charge in [0.1, 0.15) is 5.75 Å². The maximum absolute atomic E-state index is 11.2. The highest BCUT2D eigenvalue weighted by atomic mass is 16.5. The van der Waals surface area contributed by atoms with Crippen LogP contribution in [0.1, 0.15) is 31.8 Å². The molecule has 0 heterocycles. The smallest absolute Gasteiger partial charge is 0.336 e. The molecule has 0 radical (unpaired) electrons. The zero-order valence-corrected chi connectivity index (χ0v) is 12.3. The third-order valence-electron chi connectivity index (χ3n) is 3.18. The second-order valence-electron chi connectivity index (χ2n) is 5.01. The molecule has 0 aliphatic heterocycles. The number of ether oxygens (including phenoxy) is 1. The van der Waals surface area contributed by atoms with Gasteiger partial charge in [0.15, 0.2) is 11.5 Å². The van der Waals surface area contributed by atoms with Crippen LogP contribution in [0.15, 0.2) is 24.3 Å². The van der Waals surface area contributed by atoms with Crippen molar-refractivity contribution in [2.75, 3.05) is 0 Å². The minimum atomic E-state index is -1.41. The summed E-state index contributed by atoms with van der Waals surface area (Å²) in [5.74, 6) is -3.67. The highest BCUT2D eigenvalue weighted by Crippen LogP contribution is 2.39. The van der Waals surface area contributed by atoms with Gasteiger partial charge in [-0.15, -0.1) is 0 Å². The Bertz CT molecular complexity index is 809. The van der Waals surface area contributed by atoms with Crippen molar-refractivity contribution in [2.24, 2.45) is 0 Å². The SMILES string of the molecule is Cc1cc(O)c(O)c(Oc2cc(C)c(C(=O)O)c(C(=O)O)c2)c1. The van der Waals surface area contributed by atoms with Crippen LogP contribution in [0.5, 0.6) is 23.0 Å². The first kappa shape index (κ1) is 16.2. The minimum absolute atomic E-state index is 0.0326. The Kier molecular flexibility index (Phi) is 4.13. The second kappa shape index (κ2) is 5.88. The van der Waals surface area contributed by atoms with Gasteiger partial charge in [-0.2, -0.15) is 0 Å². The van der Waals surface area contributed by atoms with Gasteiger partial charge in [0.25, 0.3) is 0 Å². The van der Waals surface area contributed by atoms with Crippen molar-refractivity contribution in [3.8, 4) is 23.0 Å². The lowest BCUT2D eigenvalue weighted by Gasteiger charge is -2.13. The van der Waals surface area contributed by atoms with E-state index in [1.54, 1.807) is 6.92 Å². The van der Waals surface area contributed by atoms with Crippen LogP contribution in [0.25, 0.3) is 0 Å². The standard InChI is InChI=1S/C16H14O7/c1-7-3-11(17)14(18)12(4-7)23-9-5-8(2)13(16(21)22)10(6-9)15(19)20/h3-6,17-18H,1-2H3,(H,19,20)(H,21,22). The van der Waals surface area contributed by atoms with Gasteiger partial charge in [-0.1, -0.05) is 0 Å². The largest absolute Gasteiger partial charge is 0.504 e. The zero-order chi connectivity index (χ0) is 17.3. The molecule has 2 aromatic carbocycles. The zero-order valence-electron chi connectivity index (χ0n) is 12.3. The van der Waals surface area contributed by atoms with Crippen molar-refractivity contribution in [1.82, 2.24) is 0 Å². The lowest BCUT2D eigenvalue weighted by atomic mass is 10.0. The number of carboxylic acids is 2. The second-order valence-corrected chi connectivity index (χ2v) is 5.01.